The molecule has 0 aliphatic carbocycles. The molecule has 2 aliphatic rings. The Morgan fingerprint density at radius 3 is 3.00 bits per heavy atom. The number of fused-ring (bicyclic) bond motifs is 7. The van der Waals surface area contributed by atoms with Crippen LogP contribution in [0.2, 0.25) is 0 Å². The molecule has 1 atom stereocenters. The molecule has 1 unspecified atom stereocenters. The standard InChI is InChI=1S/C35H43N7O2/c1-4-10-34(43)42-18-9-12-31(26-42)41(3)19-16-36-29-21-27-22-30(24-29)38-35-37-15-14-33(39-35)28-11-8-13-32(23-28)44-20-7-5-6-17-40(2)25-27/h5-6,8,11,13-15,21-24,31,36H,7,9,12,16-20,25-26H2,1-3H3,(H,37,38,39)/b6-5+. The number of hydrogen-bond donors (Lipinski definition) is 2. The monoisotopic (exact) mass is 593 g/mol. The van der Waals surface area contributed by atoms with Gasteiger partial charge in [0.2, 0.25) is 5.95 Å². The molecule has 230 valence electrons. The summed E-state index contributed by atoms with van der Waals surface area (Å²) in [6.07, 6.45) is 9.10. The number of nitrogens with zero attached hydrogens (tertiary/aromatic N) is 5. The molecule has 3 heterocycles. The van der Waals surface area contributed by atoms with Gasteiger partial charge in [0.1, 0.15) is 5.75 Å². The fourth-order valence-electron chi connectivity index (χ4n) is 5.65. The second kappa shape index (κ2) is 15.4. The van der Waals surface area contributed by atoms with Crippen molar-refractivity contribution in [1.82, 2.24) is 24.7 Å². The molecule has 1 fully saturated rings. The number of carbonyl (C=O) groups is 1. The van der Waals surface area contributed by atoms with E-state index in [1.54, 1.807) is 13.1 Å². The molecule has 44 heavy (non-hydrogen) atoms. The van der Waals surface area contributed by atoms with E-state index in [0.717, 1.165) is 86.9 Å². The quantitative estimate of drug-likeness (QED) is 0.315. The maximum Gasteiger partial charge on any atom is 0.298 e. The number of likely N-dealkylation sites (N-methyl/N-ethyl adjacent to an activating group) is 2. The SMILES string of the molecule is CC#CC(=O)N1CCCC(N(C)CCNc2cc3cc(c2)Nc2nccc(n2)-c2cccc(c2)OCC/C=C/CN(C)C3)C1. The van der Waals surface area contributed by atoms with Gasteiger partial charge in [0.25, 0.3) is 5.91 Å². The molecule has 9 heteroatoms. The van der Waals surface area contributed by atoms with Crippen molar-refractivity contribution in [2.24, 2.45) is 0 Å². The maximum atomic E-state index is 12.3. The molecular weight excluding hydrogens is 550 g/mol. The molecule has 1 amide bonds. The first-order chi connectivity index (χ1) is 21.5. The number of rotatable bonds is 5. The van der Waals surface area contributed by atoms with Gasteiger partial charge < -0.3 is 20.3 Å². The number of benzene rings is 2. The lowest BCUT2D eigenvalue weighted by molar-refractivity contribution is -0.127. The fourth-order valence-corrected chi connectivity index (χ4v) is 5.65. The number of likely N-dealkylation sites (tertiary alicyclic amines) is 1. The first kappa shape index (κ1) is 31.0. The van der Waals surface area contributed by atoms with Crippen molar-refractivity contribution in [3.63, 3.8) is 0 Å². The zero-order valence-corrected chi connectivity index (χ0v) is 26.1. The van der Waals surface area contributed by atoms with E-state index in [1.165, 1.54) is 5.56 Å². The van der Waals surface area contributed by atoms with Gasteiger partial charge in [0, 0.05) is 68.4 Å². The number of hydrogen-bond acceptors (Lipinski definition) is 8. The number of amides is 1. The Morgan fingerprint density at radius 1 is 1.20 bits per heavy atom. The first-order valence-electron chi connectivity index (χ1n) is 15.4. The maximum absolute atomic E-state index is 12.3. The molecule has 2 aromatic carbocycles. The van der Waals surface area contributed by atoms with Crippen LogP contribution in [-0.2, 0) is 11.3 Å². The fraction of sp³-hybridized carbons (Fsp3) is 0.400. The molecule has 0 saturated carbocycles. The van der Waals surface area contributed by atoms with Crippen LogP contribution in [0.25, 0.3) is 11.3 Å². The van der Waals surface area contributed by atoms with Crippen molar-refractivity contribution in [2.75, 3.05) is 64.1 Å². The van der Waals surface area contributed by atoms with Crippen LogP contribution in [0.5, 0.6) is 5.75 Å². The van der Waals surface area contributed by atoms with Gasteiger partial charge in [-0.25, -0.2) is 9.97 Å². The largest absolute Gasteiger partial charge is 0.493 e. The summed E-state index contributed by atoms with van der Waals surface area (Å²) in [5, 5.41) is 7.08. The molecule has 1 saturated heterocycles. The van der Waals surface area contributed by atoms with E-state index in [4.69, 9.17) is 9.72 Å². The van der Waals surface area contributed by atoms with E-state index >= 15 is 0 Å². The van der Waals surface area contributed by atoms with Gasteiger partial charge >= 0.3 is 0 Å². The van der Waals surface area contributed by atoms with Crippen LogP contribution in [0.4, 0.5) is 17.3 Å². The number of ether oxygens (including phenoxy) is 1. The van der Waals surface area contributed by atoms with Gasteiger partial charge in [-0.3, -0.25) is 14.6 Å². The molecule has 5 rings (SSSR count). The van der Waals surface area contributed by atoms with E-state index in [1.807, 2.05) is 35.2 Å². The summed E-state index contributed by atoms with van der Waals surface area (Å²) in [4.78, 5) is 28.2. The van der Waals surface area contributed by atoms with Crippen molar-refractivity contribution in [3.8, 4) is 28.8 Å². The van der Waals surface area contributed by atoms with Crippen LogP contribution in [0.3, 0.4) is 0 Å². The van der Waals surface area contributed by atoms with E-state index in [0.29, 0.717) is 18.6 Å². The van der Waals surface area contributed by atoms with Crippen LogP contribution >= 0.6 is 0 Å². The minimum Gasteiger partial charge on any atom is -0.493 e. The third-order valence-corrected chi connectivity index (χ3v) is 7.96. The summed E-state index contributed by atoms with van der Waals surface area (Å²) in [5.74, 6) is 6.73. The predicted molar refractivity (Wildman–Crippen MR) is 177 cm³/mol. The van der Waals surface area contributed by atoms with E-state index in [-0.39, 0.29) is 5.91 Å². The third-order valence-electron chi connectivity index (χ3n) is 7.96. The van der Waals surface area contributed by atoms with Gasteiger partial charge in [-0.15, -0.1) is 0 Å². The average molecular weight is 594 g/mol. The van der Waals surface area contributed by atoms with Crippen molar-refractivity contribution in [2.45, 2.75) is 38.8 Å². The Balaban J connectivity index is 1.31. The van der Waals surface area contributed by atoms with Crippen molar-refractivity contribution >= 4 is 23.2 Å². The van der Waals surface area contributed by atoms with Gasteiger partial charge in [-0.2, -0.15) is 0 Å². The van der Waals surface area contributed by atoms with Crippen LogP contribution < -0.4 is 15.4 Å². The normalized spacial score (nSPS) is 18.1. The van der Waals surface area contributed by atoms with Gasteiger partial charge in [-0.05, 0) is 88.2 Å². The highest BCUT2D eigenvalue weighted by atomic mass is 16.5. The molecule has 2 aliphatic heterocycles. The van der Waals surface area contributed by atoms with E-state index in [2.05, 4.69) is 81.7 Å². The van der Waals surface area contributed by atoms with Gasteiger partial charge in [-0.1, -0.05) is 30.2 Å². The number of piperidine rings is 1. The molecule has 0 spiro atoms. The Bertz CT molecular complexity index is 1510. The van der Waals surface area contributed by atoms with E-state index < -0.39 is 0 Å². The lowest BCUT2D eigenvalue weighted by Gasteiger charge is -2.37. The smallest absolute Gasteiger partial charge is 0.298 e. The molecular formula is C35H43N7O2. The number of aromatic nitrogens is 2. The highest BCUT2D eigenvalue weighted by Gasteiger charge is 2.25. The summed E-state index contributed by atoms with van der Waals surface area (Å²) < 4.78 is 5.99. The average Bonchev–Trinajstić information content (AvgIpc) is 3.02. The topological polar surface area (TPSA) is 85.9 Å². The highest BCUT2D eigenvalue weighted by molar-refractivity contribution is 5.93. The summed E-state index contributed by atoms with van der Waals surface area (Å²) in [6, 6.07) is 16.8. The molecule has 1 aromatic heterocycles. The minimum absolute atomic E-state index is 0.0682. The zero-order chi connectivity index (χ0) is 30.7. The third kappa shape index (κ3) is 8.82. The second-order valence-electron chi connectivity index (χ2n) is 11.5. The second-order valence-corrected chi connectivity index (χ2v) is 11.5. The molecule has 6 bridgehead atoms. The zero-order valence-electron chi connectivity index (χ0n) is 26.1. The lowest BCUT2D eigenvalue weighted by atomic mass is 10.0. The van der Waals surface area contributed by atoms with Crippen LogP contribution in [-0.4, -0.2) is 90.0 Å². The van der Waals surface area contributed by atoms with Gasteiger partial charge in [0.15, 0.2) is 0 Å². The summed E-state index contributed by atoms with van der Waals surface area (Å²) >= 11 is 0. The Hall–Kier alpha value is -4.39. The van der Waals surface area contributed by atoms with Crippen molar-refractivity contribution in [3.05, 3.63) is 72.4 Å². The predicted octanol–water partition coefficient (Wildman–Crippen LogP) is 5.02. The summed E-state index contributed by atoms with van der Waals surface area (Å²) in [5.41, 5.74) is 4.97. The van der Waals surface area contributed by atoms with Crippen LogP contribution in [0.15, 0.2) is 66.9 Å². The summed E-state index contributed by atoms with van der Waals surface area (Å²) in [6.45, 7) is 7.12. The number of anilines is 3. The van der Waals surface area contributed by atoms with Gasteiger partial charge in [0.05, 0.1) is 12.3 Å². The number of nitrogens with one attached hydrogen (secondary N) is 2. The highest BCUT2D eigenvalue weighted by Crippen LogP contribution is 2.26. The van der Waals surface area contributed by atoms with Crippen LogP contribution in [0, 0.1) is 11.8 Å². The number of carbonyl (C=O) groups excluding carboxylic acids is 1. The molecule has 0 radical (unpaired) electrons. The Morgan fingerprint density at radius 2 is 2.11 bits per heavy atom. The first-order valence-corrected chi connectivity index (χ1v) is 15.4. The van der Waals surface area contributed by atoms with Crippen molar-refractivity contribution < 1.29 is 9.53 Å². The van der Waals surface area contributed by atoms with Crippen molar-refractivity contribution in [1.29, 1.82) is 0 Å². The molecule has 2 N–H and O–H groups in total. The Kier molecular flexibility index (Phi) is 10.8. The minimum atomic E-state index is -0.0682. The molecule has 3 aromatic rings. The Labute approximate surface area is 261 Å². The summed E-state index contributed by atoms with van der Waals surface area (Å²) in [7, 11) is 4.27. The van der Waals surface area contributed by atoms with E-state index in [9.17, 15) is 4.79 Å². The molecule has 9 nitrogen and oxygen atoms in total. The lowest BCUT2D eigenvalue weighted by Crippen LogP contribution is -2.49. The van der Waals surface area contributed by atoms with Crippen LogP contribution in [0.1, 0.15) is 31.7 Å².